The van der Waals surface area contributed by atoms with Crippen molar-refractivity contribution < 1.29 is 19.1 Å². The highest BCUT2D eigenvalue weighted by atomic mass is 16.6. The minimum absolute atomic E-state index is 0.265. The van der Waals surface area contributed by atoms with Crippen LogP contribution in [0.5, 0.6) is 0 Å². The Morgan fingerprint density at radius 3 is 2.20 bits per heavy atom. The lowest BCUT2D eigenvalue weighted by Gasteiger charge is -2.28. The molecule has 0 radical (unpaired) electrons. The standard InChI is InChI=1S/C17H24N4O4/c1-17(2,3)25-16(24)21-10-4-5-13(21)14(22)19-11-6-8-12(9-7-11)20-15(18)23/h6-9,13H,4-5,10H2,1-3H3,(H,19,22)(H3,18,20,23)/t13-/m0/s1. The number of primary amides is 1. The van der Waals surface area contributed by atoms with Crippen molar-refractivity contribution in [2.24, 2.45) is 5.73 Å². The van der Waals surface area contributed by atoms with E-state index in [0.29, 0.717) is 24.3 Å². The zero-order valence-electron chi connectivity index (χ0n) is 14.7. The van der Waals surface area contributed by atoms with Gasteiger partial charge in [0.1, 0.15) is 11.6 Å². The lowest BCUT2D eigenvalue weighted by Crippen LogP contribution is -2.45. The number of nitrogens with two attached hydrogens (primary N) is 1. The van der Waals surface area contributed by atoms with Gasteiger partial charge in [-0.05, 0) is 57.9 Å². The Bertz CT molecular complexity index is 652. The number of benzene rings is 1. The highest BCUT2D eigenvalue weighted by Gasteiger charge is 2.36. The average molecular weight is 348 g/mol. The number of rotatable bonds is 3. The van der Waals surface area contributed by atoms with Gasteiger partial charge in [0.15, 0.2) is 0 Å². The first-order valence-electron chi connectivity index (χ1n) is 8.13. The van der Waals surface area contributed by atoms with Gasteiger partial charge in [-0.2, -0.15) is 0 Å². The van der Waals surface area contributed by atoms with Crippen LogP contribution >= 0.6 is 0 Å². The van der Waals surface area contributed by atoms with Crippen LogP contribution in [0.25, 0.3) is 0 Å². The summed E-state index contributed by atoms with van der Waals surface area (Å²) in [6, 6.07) is 5.33. The van der Waals surface area contributed by atoms with Crippen molar-refractivity contribution in [1.82, 2.24) is 4.90 Å². The highest BCUT2D eigenvalue weighted by molar-refractivity contribution is 5.97. The lowest BCUT2D eigenvalue weighted by molar-refractivity contribution is -0.120. The second-order valence-corrected chi connectivity index (χ2v) is 6.89. The summed E-state index contributed by atoms with van der Waals surface area (Å²) < 4.78 is 5.36. The van der Waals surface area contributed by atoms with Gasteiger partial charge in [-0.25, -0.2) is 9.59 Å². The minimum Gasteiger partial charge on any atom is -0.444 e. The molecule has 25 heavy (non-hydrogen) atoms. The van der Waals surface area contributed by atoms with Gasteiger partial charge >= 0.3 is 12.1 Å². The topological polar surface area (TPSA) is 114 Å². The van der Waals surface area contributed by atoms with Crippen LogP contribution in [0.3, 0.4) is 0 Å². The molecule has 0 spiro atoms. The number of hydrogen-bond donors (Lipinski definition) is 3. The molecule has 8 nitrogen and oxygen atoms in total. The summed E-state index contributed by atoms with van der Waals surface area (Å²) in [5, 5.41) is 5.22. The van der Waals surface area contributed by atoms with Gasteiger partial charge in [-0.1, -0.05) is 0 Å². The quantitative estimate of drug-likeness (QED) is 0.778. The van der Waals surface area contributed by atoms with Crippen LogP contribution in [0.15, 0.2) is 24.3 Å². The fourth-order valence-corrected chi connectivity index (χ4v) is 2.58. The predicted octanol–water partition coefficient (Wildman–Crippen LogP) is 2.52. The third-order valence-corrected chi connectivity index (χ3v) is 3.60. The van der Waals surface area contributed by atoms with E-state index in [4.69, 9.17) is 10.5 Å². The number of carbonyl (C=O) groups is 3. The van der Waals surface area contributed by atoms with Crippen LogP contribution in [0.4, 0.5) is 21.0 Å². The first kappa shape index (κ1) is 18.6. The molecular weight excluding hydrogens is 324 g/mol. The van der Waals surface area contributed by atoms with E-state index in [1.54, 1.807) is 45.0 Å². The Balaban J connectivity index is 1.99. The molecule has 1 aromatic carbocycles. The molecule has 1 aliphatic rings. The summed E-state index contributed by atoms with van der Waals surface area (Å²) in [6.45, 7) is 5.86. The van der Waals surface area contributed by atoms with Crippen LogP contribution in [0.1, 0.15) is 33.6 Å². The maximum Gasteiger partial charge on any atom is 0.410 e. The summed E-state index contributed by atoms with van der Waals surface area (Å²) in [4.78, 5) is 37.0. The Hall–Kier alpha value is -2.77. The number of urea groups is 1. The lowest BCUT2D eigenvalue weighted by atomic mass is 10.2. The Morgan fingerprint density at radius 1 is 1.12 bits per heavy atom. The van der Waals surface area contributed by atoms with Crippen LogP contribution in [-0.2, 0) is 9.53 Å². The van der Waals surface area contributed by atoms with Crippen molar-refractivity contribution in [2.75, 3.05) is 17.2 Å². The monoisotopic (exact) mass is 348 g/mol. The number of ether oxygens (including phenoxy) is 1. The molecule has 136 valence electrons. The molecule has 0 aliphatic carbocycles. The Labute approximate surface area is 146 Å². The molecule has 1 saturated heterocycles. The van der Waals surface area contributed by atoms with Gasteiger partial charge < -0.3 is 21.1 Å². The van der Waals surface area contributed by atoms with E-state index in [0.717, 1.165) is 6.42 Å². The van der Waals surface area contributed by atoms with Gasteiger partial charge in [0.25, 0.3) is 0 Å². The summed E-state index contributed by atoms with van der Waals surface area (Å²) in [6.07, 6.45) is 0.858. The van der Waals surface area contributed by atoms with Gasteiger partial charge in [-0.3, -0.25) is 9.69 Å². The summed E-state index contributed by atoms with van der Waals surface area (Å²) in [7, 11) is 0. The molecule has 2 rings (SSSR count). The number of nitrogens with one attached hydrogen (secondary N) is 2. The van der Waals surface area contributed by atoms with Crippen LogP contribution in [0.2, 0.25) is 0 Å². The zero-order chi connectivity index (χ0) is 18.6. The molecule has 0 saturated carbocycles. The molecule has 1 heterocycles. The first-order valence-corrected chi connectivity index (χ1v) is 8.13. The van der Waals surface area contributed by atoms with E-state index in [9.17, 15) is 14.4 Å². The summed E-state index contributed by atoms with van der Waals surface area (Å²) in [5.74, 6) is -0.265. The van der Waals surface area contributed by atoms with E-state index in [1.165, 1.54) is 4.90 Å². The van der Waals surface area contributed by atoms with Crippen molar-refractivity contribution in [1.29, 1.82) is 0 Å². The highest BCUT2D eigenvalue weighted by Crippen LogP contribution is 2.22. The van der Waals surface area contributed by atoms with Crippen molar-refractivity contribution in [3.63, 3.8) is 0 Å². The zero-order valence-corrected chi connectivity index (χ0v) is 14.7. The number of nitrogens with zero attached hydrogens (tertiary/aromatic N) is 1. The Morgan fingerprint density at radius 2 is 1.68 bits per heavy atom. The predicted molar refractivity (Wildman–Crippen MR) is 94.2 cm³/mol. The molecule has 1 fully saturated rings. The maximum absolute atomic E-state index is 12.5. The normalized spacial score (nSPS) is 17.1. The van der Waals surface area contributed by atoms with Crippen LogP contribution in [0, 0.1) is 0 Å². The molecule has 4 N–H and O–H groups in total. The summed E-state index contributed by atoms with van der Waals surface area (Å²) in [5.41, 5.74) is 5.53. The second-order valence-electron chi connectivity index (χ2n) is 6.89. The van der Waals surface area contributed by atoms with Crippen molar-refractivity contribution >= 4 is 29.4 Å². The van der Waals surface area contributed by atoms with E-state index in [2.05, 4.69) is 10.6 Å². The fraction of sp³-hybridized carbons (Fsp3) is 0.471. The number of anilines is 2. The third kappa shape index (κ3) is 5.37. The molecule has 0 bridgehead atoms. The maximum atomic E-state index is 12.5. The van der Waals surface area contributed by atoms with E-state index in [1.807, 2.05) is 0 Å². The van der Waals surface area contributed by atoms with Gasteiger partial charge in [0.05, 0.1) is 0 Å². The fourth-order valence-electron chi connectivity index (χ4n) is 2.58. The third-order valence-electron chi connectivity index (χ3n) is 3.60. The number of hydrogen-bond acceptors (Lipinski definition) is 4. The molecule has 4 amide bonds. The first-order chi connectivity index (χ1) is 11.7. The minimum atomic E-state index is -0.657. The molecular formula is C17H24N4O4. The number of amides is 4. The van der Waals surface area contributed by atoms with Crippen molar-refractivity contribution in [2.45, 2.75) is 45.3 Å². The molecule has 1 atom stereocenters. The van der Waals surface area contributed by atoms with Gasteiger partial charge in [-0.15, -0.1) is 0 Å². The SMILES string of the molecule is CC(C)(C)OC(=O)N1CCC[C@H]1C(=O)Nc1ccc(NC(N)=O)cc1. The van der Waals surface area contributed by atoms with E-state index < -0.39 is 23.8 Å². The number of carbonyl (C=O) groups excluding carboxylic acids is 3. The van der Waals surface area contributed by atoms with E-state index >= 15 is 0 Å². The molecule has 1 aliphatic heterocycles. The van der Waals surface area contributed by atoms with Gasteiger partial charge in [0.2, 0.25) is 5.91 Å². The average Bonchev–Trinajstić information content (AvgIpc) is 2.96. The molecule has 1 aromatic rings. The number of likely N-dealkylation sites (tertiary alicyclic amines) is 1. The Kier molecular flexibility index (Phi) is 5.51. The molecule has 0 aromatic heterocycles. The largest absolute Gasteiger partial charge is 0.444 e. The van der Waals surface area contributed by atoms with Crippen molar-refractivity contribution in [3.05, 3.63) is 24.3 Å². The summed E-state index contributed by atoms with van der Waals surface area (Å²) >= 11 is 0. The van der Waals surface area contributed by atoms with Crippen LogP contribution < -0.4 is 16.4 Å². The van der Waals surface area contributed by atoms with Crippen LogP contribution in [-0.4, -0.2) is 41.1 Å². The molecule has 8 heteroatoms. The van der Waals surface area contributed by atoms with Gasteiger partial charge in [0, 0.05) is 17.9 Å². The molecule has 0 unspecified atom stereocenters. The van der Waals surface area contributed by atoms with Crippen molar-refractivity contribution in [3.8, 4) is 0 Å². The smallest absolute Gasteiger partial charge is 0.410 e. The second kappa shape index (κ2) is 7.42. The van der Waals surface area contributed by atoms with E-state index in [-0.39, 0.29) is 5.91 Å².